The summed E-state index contributed by atoms with van der Waals surface area (Å²) in [7, 11) is 1.54. The number of hydrogen-bond acceptors (Lipinski definition) is 3. The summed E-state index contributed by atoms with van der Waals surface area (Å²) in [6.45, 7) is 7.15. The molecule has 0 radical (unpaired) electrons. The lowest BCUT2D eigenvalue weighted by Crippen LogP contribution is -2.44. The first-order chi connectivity index (χ1) is 8.55. The van der Waals surface area contributed by atoms with Gasteiger partial charge in [-0.15, -0.1) is 0 Å². The number of amides is 2. The largest absolute Gasteiger partial charge is 0.481 e. The molecule has 0 spiro atoms. The summed E-state index contributed by atoms with van der Waals surface area (Å²) in [5.74, 6) is -2.58. The topological polar surface area (TPSA) is 95.5 Å². The monoisotopic (exact) mass is 270 g/mol. The van der Waals surface area contributed by atoms with Crippen molar-refractivity contribution in [1.82, 2.24) is 10.6 Å². The zero-order valence-corrected chi connectivity index (χ0v) is 12.0. The highest BCUT2D eigenvalue weighted by molar-refractivity contribution is 5.92. The van der Waals surface area contributed by atoms with Gasteiger partial charge in [0.05, 0.1) is 17.3 Å². The molecule has 1 saturated carbocycles. The molecule has 6 nitrogen and oxygen atoms in total. The molecule has 0 aromatic heterocycles. The van der Waals surface area contributed by atoms with Crippen LogP contribution in [0.5, 0.6) is 0 Å². The third-order valence-electron chi connectivity index (χ3n) is 3.92. The van der Waals surface area contributed by atoms with E-state index in [2.05, 4.69) is 10.6 Å². The van der Waals surface area contributed by atoms with Gasteiger partial charge in [0, 0.05) is 13.6 Å². The van der Waals surface area contributed by atoms with Crippen LogP contribution >= 0.6 is 0 Å². The van der Waals surface area contributed by atoms with E-state index in [-0.39, 0.29) is 18.4 Å². The molecule has 1 aliphatic carbocycles. The Morgan fingerprint density at radius 3 is 2.11 bits per heavy atom. The molecule has 1 rings (SSSR count). The van der Waals surface area contributed by atoms with E-state index in [0.717, 1.165) is 0 Å². The summed E-state index contributed by atoms with van der Waals surface area (Å²) in [6.07, 6.45) is 0. The summed E-state index contributed by atoms with van der Waals surface area (Å²) in [4.78, 5) is 34.6. The van der Waals surface area contributed by atoms with Crippen molar-refractivity contribution >= 4 is 17.8 Å². The normalized spacial score (nSPS) is 24.5. The Bertz CT molecular complexity index is 415. The minimum atomic E-state index is -0.948. The van der Waals surface area contributed by atoms with Crippen molar-refractivity contribution < 1.29 is 19.5 Å². The lowest BCUT2D eigenvalue weighted by Gasteiger charge is -2.23. The summed E-state index contributed by atoms with van der Waals surface area (Å²) in [6, 6.07) is 0. The van der Waals surface area contributed by atoms with Crippen LogP contribution in [0.3, 0.4) is 0 Å². The molecule has 1 aliphatic rings. The highest BCUT2D eigenvalue weighted by atomic mass is 16.4. The van der Waals surface area contributed by atoms with Crippen molar-refractivity contribution in [1.29, 1.82) is 0 Å². The smallest absolute Gasteiger partial charge is 0.307 e. The Hall–Kier alpha value is -1.59. The van der Waals surface area contributed by atoms with E-state index in [9.17, 15) is 14.4 Å². The highest BCUT2D eigenvalue weighted by Gasteiger charge is 2.65. The van der Waals surface area contributed by atoms with Gasteiger partial charge in [-0.05, 0) is 19.3 Å². The number of aliphatic carboxylic acids is 1. The van der Waals surface area contributed by atoms with Gasteiger partial charge in [-0.25, -0.2) is 0 Å². The molecule has 6 heteroatoms. The fraction of sp³-hybridized carbons (Fsp3) is 0.769. The van der Waals surface area contributed by atoms with Gasteiger partial charge in [-0.1, -0.05) is 13.8 Å². The standard InChI is InChI=1S/C13H22N2O4/c1-12(2,11(19)14-5)6-15-9(16)7-8(10(17)18)13(7,3)4/h7-8H,6H2,1-5H3,(H,14,19)(H,15,16)(H,17,18)/t7-,8+/m1/s1. The summed E-state index contributed by atoms with van der Waals surface area (Å²) >= 11 is 0. The van der Waals surface area contributed by atoms with Crippen molar-refractivity contribution in [3.05, 3.63) is 0 Å². The number of carbonyl (C=O) groups excluding carboxylic acids is 2. The van der Waals surface area contributed by atoms with E-state index in [4.69, 9.17) is 5.11 Å². The lowest BCUT2D eigenvalue weighted by atomic mass is 9.92. The maximum absolute atomic E-state index is 12.0. The van der Waals surface area contributed by atoms with Crippen LogP contribution in [0.25, 0.3) is 0 Å². The Balaban J connectivity index is 2.59. The molecule has 2 atom stereocenters. The first-order valence-electron chi connectivity index (χ1n) is 6.28. The van der Waals surface area contributed by atoms with Gasteiger partial charge in [0.25, 0.3) is 0 Å². The minimum Gasteiger partial charge on any atom is -0.481 e. The van der Waals surface area contributed by atoms with Crippen LogP contribution in [0.2, 0.25) is 0 Å². The predicted molar refractivity (Wildman–Crippen MR) is 69.3 cm³/mol. The van der Waals surface area contributed by atoms with Crippen LogP contribution < -0.4 is 10.6 Å². The number of hydrogen-bond donors (Lipinski definition) is 3. The van der Waals surface area contributed by atoms with Gasteiger partial charge in [0.2, 0.25) is 11.8 Å². The number of carboxylic acid groups (broad SMARTS) is 1. The van der Waals surface area contributed by atoms with E-state index in [1.807, 2.05) is 0 Å². The van der Waals surface area contributed by atoms with Gasteiger partial charge in [0.15, 0.2) is 0 Å². The second-order valence-electron chi connectivity index (χ2n) is 6.30. The summed E-state index contributed by atoms with van der Waals surface area (Å²) in [5, 5.41) is 14.2. The van der Waals surface area contributed by atoms with Crippen molar-refractivity contribution in [2.75, 3.05) is 13.6 Å². The third-order valence-corrected chi connectivity index (χ3v) is 3.92. The molecule has 108 valence electrons. The van der Waals surface area contributed by atoms with Crippen LogP contribution in [-0.4, -0.2) is 36.5 Å². The van der Waals surface area contributed by atoms with Gasteiger partial charge in [-0.2, -0.15) is 0 Å². The van der Waals surface area contributed by atoms with Crippen LogP contribution in [0.4, 0.5) is 0 Å². The van der Waals surface area contributed by atoms with Gasteiger partial charge < -0.3 is 15.7 Å². The fourth-order valence-electron chi connectivity index (χ4n) is 2.42. The van der Waals surface area contributed by atoms with Crippen molar-refractivity contribution in [3.8, 4) is 0 Å². The maximum atomic E-state index is 12.0. The molecule has 0 aromatic carbocycles. The molecule has 0 aliphatic heterocycles. The van der Waals surface area contributed by atoms with Gasteiger partial charge in [0.1, 0.15) is 0 Å². The molecule has 19 heavy (non-hydrogen) atoms. The average molecular weight is 270 g/mol. The molecule has 1 fully saturated rings. The number of nitrogens with one attached hydrogen (secondary N) is 2. The number of rotatable bonds is 5. The van der Waals surface area contributed by atoms with Crippen LogP contribution in [0, 0.1) is 22.7 Å². The van der Waals surface area contributed by atoms with Crippen molar-refractivity contribution in [2.45, 2.75) is 27.7 Å². The number of carbonyl (C=O) groups is 3. The zero-order valence-electron chi connectivity index (χ0n) is 12.0. The molecular weight excluding hydrogens is 248 g/mol. The quantitative estimate of drug-likeness (QED) is 0.666. The molecule has 0 unspecified atom stereocenters. The molecule has 0 aromatic rings. The Labute approximate surface area is 112 Å². The second-order valence-corrected chi connectivity index (χ2v) is 6.30. The average Bonchev–Trinajstić information content (AvgIpc) is 2.88. The summed E-state index contributed by atoms with van der Waals surface area (Å²) < 4.78 is 0. The molecule has 0 bridgehead atoms. The van der Waals surface area contributed by atoms with Gasteiger partial charge in [-0.3, -0.25) is 14.4 Å². The zero-order chi connectivity index (χ0) is 15.0. The number of carboxylic acids is 1. The van der Waals surface area contributed by atoms with E-state index in [1.165, 1.54) is 7.05 Å². The fourth-order valence-corrected chi connectivity index (χ4v) is 2.42. The van der Waals surface area contributed by atoms with Crippen LogP contribution in [-0.2, 0) is 14.4 Å². The maximum Gasteiger partial charge on any atom is 0.307 e. The van der Waals surface area contributed by atoms with E-state index in [1.54, 1.807) is 27.7 Å². The van der Waals surface area contributed by atoms with E-state index in [0.29, 0.717) is 0 Å². The Morgan fingerprint density at radius 2 is 1.74 bits per heavy atom. The van der Waals surface area contributed by atoms with E-state index >= 15 is 0 Å². The molecular formula is C13H22N2O4. The third kappa shape index (κ3) is 2.88. The van der Waals surface area contributed by atoms with Crippen LogP contribution in [0.1, 0.15) is 27.7 Å². The first kappa shape index (κ1) is 15.5. The summed E-state index contributed by atoms with van der Waals surface area (Å²) in [5.41, 5.74) is -1.24. The Kier molecular flexibility index (Phi) is 3.93. The second kappa shape index (κ2) is 4.83. The first-order valence-corrected chi connectivity index (χ1v) is 6.28. The van der Waals surface area contributed by atoms with E-state index < -0.39 is 28.6 Å². The van der Waals surface area contributed by atoms with Gasteiger partial charge >= 0.3 is 5.97 Å². The minimum absolute atomic E-state index is 0.169. The molecule has 0 saturated heterocycles. The molecule has 3 N–H and O–H groups in total. The van der Waals surface area contributed by atoms with Crippen LogP contribution in [0.15, 0.2) is 0 Å². The lowest BCUT2D eigenvalue weighted by molar-refractivity contribution is -0.140. The van der Waals surface area contributed by atoms with Crippen molar-refractivity contribution in [2.24, 2.45) is 22.7 Å². The predicted octanol–water partition coefficient (Wildman–Crippen LogP) is 0.232. The molecule has 2 amide bonds. The highest BCUT2D eigenvalue weighted by Crippen LogP contribution is 2.58. The van der Waals surface area contributed by atoms with Crippen molar-refractivity contribution in [3.63, 3.8) is 0 Å². The SMILES string of the molecule is CNC(=O)C(C)(C)CNC(=O)[C@H]1[C@@H](C(=O)O)C1(C)C. The molecule has 0 heterocycles. The Morgan fingerprint density at radius 1 is 1.21 bits per heavy atom.